The number of hydrogen-bond donors (Lipinski definition) is 1. The van der Waals surface area contributed by atoms with Gasteiger partial charge in [0, 0.05) is 11.1 Å². The lowest BCUT2D eigenvalue weighted by molar-refractivity contribution is 1.16. The summed E-state index contributed by atoms with van der Waals surface area (Å²) in [7, 11) is 0. The van der Waals surface area contributed by atoms with Crippen molar-refractivity contribution in [2.45, 2.75) is 13.3 Å². The zero-order valence-electron chi connectivity index (χ0n) is 7.75. The van der Waals surface area contributed by atoms with Crippen molar-refractivity contribution >= 4 is 16.5 Å². The van der Waals surface area contributed by atoms with Crippen LogP contribution in [-0.2, 0) is 6.42 Å². The van der Waals surface area contributed by atoms with Crippen LogP contribution in [-0.4, -0.2) is 0 Å². The van der Waals surface area contributed by atoms with Gasteiger partial charge in [-0.25, -0.2) is 0 Å². The zero-order chi connectivity index (χ0) is 9.26. The smallest absolute Gasteiger partial charge is 0.0393 e. The van der Waals surface area contributed by atoms with Crippen molar-refractivity contribution in [2.75, 3.05) is 5.73 Å². The van der Waals surface area contributed by atoms with Crippen LogP contribution in [0, 0.1) is 0 Å². The SMILES string of the molecule is CCc1ccc(N)c2ccccc12. The van der Waals surface area contributed by atoms with E-state index in [4.69, 9.17) is 5.73 Å². The minimum Gasteiger partial charge on any atom is -0.398 e. The summed E-state index contributed by atoms with van der Waals surface area (Å²) < 4.78 is 0. The largest absolute Gasteiger partial charge is 0.398 e. The van der Waals surface area contributed by atoms with Gasteiger partial charge in [-0.1, -0.05) is 37.3 Å². The number of nitrogen functional groups attached to an aromatic ring is 1. The summed E-state index contributed by atoms with van der Waals surface area (Å²) in [5, 5.41) is 2.45. The summed E-state index contributed by atoms with van der Waals surface area (Å²) in [6.07, 6.45) is 1.06. The zero-order valence-corrected chi connectivity index (χ0v) is 7.75. The van der Waals surface area contributed by atoms with Gasteiger partial charge >= 0.3 is 0 Å². The summed E-state index contributed by atoms with van der Waals surface area (Å²) in [6, 6.07) is 12.4. The maximum Gasteiger partial charge on any atom is 0.0393 e. The lowest BCUT2D eigenvalue weighted by atomic mass is 10.0. The molecule has 0 fully saturated rings. The fourth-order valence-electron chi connectivity index (χ4n) is 1.69. The first-order valence-corrected chi connectivity index (χ1v) is 4.59. The molecule has 0 radical (unpaired) electrons. The molecule has 0 aliphatic heterocycles. The van der Waals surface area contributed by atoms with Crippen LogP contribution in [0.2, 0.25) is 0 Å². The molecule has 0 atom stereocenters. The van der Waals surface area contributed by atoms with Gasteiger partial charge in [-0.15, -0.1) is 0 Å². The number of fused-ring (bicyclic) bond motifs is 1. The van der Waals surface area contributed by atoms with Crippen molar-refractivity contribution in [1.82, 2.24) is 0 Å². The van der Waals surface area contributed by atoms with Crippen molar-refractivity contribution in [3.8, 4) is 0 Å². The molecule has 13 heavy (non-hydrogen) atoms. The highest BCUT2D eigenvalue weighted by Gasteiger charge is 2.00. The first-order valence-electron chi connectivity index (χ1n) is 4.59. The van der Waals surface area contributed by atoms with Crippen LogP contribution in [0.5, 0.6) is 0 Å². The molecule has 2 aromatic rings. The van der Waals surface area contributed by atoms with E-state index in [0.717, 1.165) is 12.1 Å². The Morgan fingerprint density at radius 2 is 1.69 bits per heavy atom. The molecule has 0 saturated heterocycles. The molecule has 1 nitrogen and oxygen atoms in total. The molecule has 0 spiro atoms. The van der Waals surface area contributed by atoms with Crippen LogP contribution >= 0.6 is 0 Å². The minimum absolute atomic E-state index is 0.868. The van der Waals surface area contributed by atoms with E-state index in [-0.39, 0.29) is 0 Å². The van der Waals surface area contributed by atoms with Crippen molar-refractivity contribution in [2.24, 2.45) is 0 Å². The third-order valence-electron chi connectivity index (χ3n) is 2.43. The average Bonchev–Trinajstić information content (AvgIpc) is 2.19. The highest BCUT2D eigenvalue weighted by Crippen LogP contribution is 2.24. The van der Waals surface area contributed by atoms with E-state index >= 15 is 0 Å². The normalized spacial score (nSPS) is 10.5. The molecule has 1 heteroatoms. The molecule has 66 valence electrons. The van der Waals surface area contributed by atoms with Crippen LogP contribution < -0.4 is 5.73 Å². The van der Waals surface area contributed by atoms with Gasteiger partial charge in [0.25, 0.3) is 0 Å². The van der Waals surface area contributed by atoms with Gasteiger partial charge in [-0.05, 0) is 23.4 Å². The van der Waals surface area contributed by atoms with E-state index in [1.54, 1.807) is 0 Å². The Morgan fingerprint density at radius 3 is 2.38 bits per heavy atom. The fraction of sp³-hybridized carbons (Fsp3) is 0.167. The van der Waals surface area contributed by atoms with E-state index < -0.39 is 0 Å². The highest BCUT2D eigenvalue weighted by molar-refractivity contribution is 5.95. The Bertz CT molecular complexity index is 432. The molecule has 2 aromatic carbocycles. The third kappa shape index (κ3) is 1.26. The van der Waals surface area contributed by atoms with Gasteiger partial charge < -0.3 is 5.73 Å². The standard InChI is InChI=1S/C12H13N/c1-2-9-7-8-12(13)11-6-4-3-5-10(9)11/h3-8H,2,13H2,1H3. The van der Waals surface area contributed by atoms with Gasteiger partial charge in [0.15, 0.2) is 0 Å². The number of hydrogen-bond acceptors (Lipinski definition) is 1. The van der Waals surface area contributed by atoms with Crippen LogP contribution in [0.4, 0.5) is 5.69 Å². The summed E-state index contributed by atoms with van der Waals surface area (Å²) in [5.74, 6) is 0. The Morgan fingerprint density at radius 1 is 1.00 bits per heavy atom. The Kier molecular flexibility index (Phi) is 1.93. The Labute approximate surface area is 78.2 Å². The van der Waals surface area contributed by atoms with Crippen molar-refractivity contribution < 1.29 is 0 Å². The third-order valence-corrected chi connectivity index (χ3v) is 2.43. The molecular weight excluding hydrogens is 158 g/mol. The van der Waals surface area contributed by atoms with Crippen molar-refractivity contribution in [3.63, 3.8) is 0 Å². The first-order chi connectivity index (χ1) is 6.33. The number of nitrogens with two attached hydrogens (primary N) is 1. The summed E-state index contributed by atoms with van der Waals surface area (Å²) >= 11 is 0. The number of aryl methyl sites for hydroxylation is 1. The lowest BCUT2D eigenvalue weighted by Gasteiger charge is -2.06. The van der Waals surface area contributed by atoms with Crippen molar-refractivity contribution in [1.29, 1.82) is 0 Å². The van der Waals surface area contributed by atoms with E-state index in [1.165, 1.54) is 16.3 Å². The second kappa shape index (κ2) is 3.09. The van der Waals surface area contributed by atoms with Crippen molar-refractivity contribution in [3.05, 3.63) is 42.0 Å². The predicted molar refractivity (Wildman–Crippen MR) is 57.7 cm³/mol. The predicted octanol–water partition coefficient (Wildman–Crippen LogP) is 2.98. The van der Waals surface area contributed by atoms with Crippen LogP contribution in [0.1, 0.15) is 12.5 Å². The van der Waals surface area contributed by atoms with E-state index in [1.807, 2.05) is 12.1 Å². The summed E-state index contributed by atoms with van der Waals surface area (Å²) in [6.45, 7) is 2.16. The quantitative estimate of drug-likeness (QED) is 0.656. The molecule has 0 amide bonds. The fourth-order valence-corrected chi connectivity index (χ4v) is 1.69. The van der Waals surface area contributed by atoms with Crippen LogP contribution in [0.3, 0.4) is 0 Å². The second-order valence-electron chi connectivity index (χ2n) is 3.21. The monoisotopic (exact) mass is 171 g/mol. The highest BCUT2D eigenvalue weighted by atomic mass is 14.5. The number of benzene rings is 2. The molecule has 0 saturated carbocycles. The second-order valence-corrected chi connectivity index (χ2v) is 3.21. The molecule has 2 rings (SSSR count). The van der Waals surface area contributed by atoms with Crippen LogP contribution in [0.15, 0.2) is 36.4 Å². The van der Waals surface area contributed by atoms with Gasteiger partial charge in [0.05, 0.1) is 0 Å². The molecule has 0 heterocycles. The van der Waals surface area contributed by atoms with Gasteiger partial charge in [0.1, 0.15) is 0 Å². The Hall–Kier alpha value is -1.50. The summed E-state index contributed by atoms with van der Waals surface area (Å²) in [5.41, 5.74) is 8.11. The van der Waals surface area contributed by atoms with Gasteiger partial charge in [-0.3, -0.25) is 0 Å². The minimum atomic E-state index is 0.868. The van der Waals surface area contributed by atoms with Gasteiger partial charge in [-0.2, -0.15) is 0 Å². The molecule has 0 aliphatic rings. The number of anilines is 1. The molecular formula is C12H13N. The maximum atomic E-state index is 5.88. The summed E-state index contributed by atoms with van der Waals surface area (Å²) in [4.78, 5) is 0. The lowest BCUT2D eigenvalue weighted by Crippen LogP contribution is -1.90. The Balaban J connectivity index is 2.84. The maximum absolute atomic E-state index is 5.88. The number of rotatable bonds is 1. The molecule has 0 unspecified atom stereocenters. The van der Waals surface area contributed by atoms with Gasteiger partial charge in [0.2, 0.25) is 0 Å². The van der Waals surface area contributed by atoms with E-state index in [9.17, 15) is 0 Å². The van der Waals surface area contributed by atoms with Crippen LogP contribution in [0.25, 0.3) is 10.8 Å². The van der Waals surface area contributed by atoms with E-state index in [2.05, 4.69) is 31.2 Å². The average molecular weight is 171 g/mol. The topological polar surface area (TPSA) is 26.0 Å². The molecule has 2 N–H and O–H groups in total. The molecule has 0 aliphatic carbocycles. The van der Waals surface area contributed by atoms with E-state index in [0.29, 0.717) is 0 Å². The first kappa shape index (κ1) is 8.11. The molecule has 0 aromatic heterocycles. The molecule has 0 bridgehead atoms.